The largest absolute Gasteiger partial charge is 0.397 e. The van der Waals surface area contributed by atoms with E-state index in [2.05, 4.69) is 27.3 Å². The number of rotatable bonds is 6. The van der Waals surface area contributed by atoms with Gasteiger partial charge in [-0.25, -0.2) is 0 Å². The van der Waals surface area contributed by atoms with Crippen molar-refractivity contribution in [1.82, 2.24) is 15.1 Å². The molecule has 0 aliphatic heterocycles. The van der Waals surface area contributed by atoms with Gasteiger partial charge < -0.3 is 15.6 Å². The molecule has 0 aliphatic rings. The highest BCUT2D eigenvalue weighted by Crippen LogP contribution is 2.26. The Kier molecular flexibility index (Phi) is 5.50. The number of aromatic nitrogens is 2. The molecule has 3 N–H and O–H groups in total. The summed E-state index contributed by atoms with van der Waals surface area (Å²) in [5.41, 5.74) is 10.4. The molecule has 0 fully saturated rings. The van der Waals surface area contributed by atoms with Crippen molar-refractivity contribution >= 4 is 29.6 Å². The molecule has 0 spiro atoms. The van der Waals surface area contributed by atoms with Crippen molar-refractivity contribution in [2.45, 2.75) is 6.92 Å². The number of amides is 1. The van der Waals surface area contributed by atoms with Crippen LogP contribution in [0.1, 0.15) is 23.0 Å². The van der Waals surface area contributed by atoms with Crippen LogP contribution in [-0.2, 0) is 0 Å². The van der Waals surface area contributed by atoms with Crippen molar-refractivity contribution in [2.75, 3.05) is 18.1 Å². The highest BCUT2D eigenvalue weighted by Gasteiger charge is 2.12. The molecule has 0 aliphatic carbocycles. The van der Waals surface area contributed by atoms with E-state index in [-0.39, 0.29) is 11.6 Å². The lowest BCUT2D eigenvalue weighted by molar-refractivity contribution is 0.102. The van der Waals surface area contributed by atoms with Crippen molar-refractivity contribution in [3.63, 3.8) is 0 Å². The number of hydrazone groups is 1. The normalized spacial score (nSPS) is 11.1. The Balaban J connectivity index is 1.77. The summed E-state index contributed by atoms with van der Waals surface area (Å²) in [6.07, 6.45) is 4.93. The van der Waals surface area contributed by atoms with Crippen LogP contribution in [0.5, 0.6) is 0 Å². The number of allylic oxidation sites excluding steroid dienone is 1. The van der Waals surface area contributed by atoms with E-state index in [1.165, 1.54) is 6.26 Å². The molecular weight excluding hydrogens is 356 g/mol. The highest BCUT2D eigenvalue weighted by molar-refractivity contribution is 6.05. The van der Waals surface area contributed by atoms with E-state index in [1.807, 2.05) is 19.2 Å². The van der Waals surface area contributed by atoms with E-state index in [9.17, 15) is 4.79 Å². The van der Waals surface area contributed by atoms with E-state index < -0.39 is 0 Å². The number of pyridine rings is 1. The zero-order chi connectivity index (χ0) is 20.1. The van der Waals surface area contributed by atoms with Gasteiger partial charge >= 0.3 is 0 Å². The second kappa shape index (κ2) is 8.17. The van der Waals surface area contributed by atoms with Gasteiger partial charge in [0, 0.05) is 37.8 Å². The van der Waals surface area contributed by atoms with Crippen LogP contribution in [0, 0.1) is 0 Å². The van der Waals surface area contributed by atoms with Crippen LogP contribution >= 0.6 is 0 Å². The summed E-state index contributed by atoms with van der Waals surface area (Å²) in [6, 6.07) is 10.5. The number of nitrogens with zero attached hydrogens (tertiary/aromatic N) is 4. The van der Waals surface area contributed by atoms with E-state index in [0.717, 1.165) is 16.7 Å². The first-order chi connectivity index (χ1) is 13.5. The third kappa shape index (κ3) is 4.24. The molecule has 8 heteroatoms. The zero-order valence-corrected chi connectivity index (χ0v) is 15.6. The monoisotopic (exact) mass is 376 g/mol. The molecule has 28 heavy (non-hydrogen) atoms. The first-order valence-corrected chi connectivity index (χ1v) is 8.44. The summed E-state index contributed by atoms with van der Waals surface area (Å²) in [5.74, 6) is -0.359. The highest BCUT2D eigenvalue weighted by atomic mass is 16.5. The van der Waals surface area contributed by atoms with Gasteiger partial charge in [0.15, 0.2) is 0 Å². The van der Waals surface area contributed by atoms with E-state index in [0.29, 0.717) is 17.1 Å². The van der Waals surface area contributed by atoms with Gasteiger partial charge in [-0.15, -0.1) is 0 Å². The number of nitrogens with two attached hydrogens (primary N) is 1. The second-order valence-corrected chi connectivity index (χ2v) is 6.10. The first-order valence-electron chi connectivity index (χ1n) is 8.44. The van der Waals surface area contributed by atoms with Crippen molar-refractivity contribution < 1.29 is 9.32 Å². The molecule has 3 rings (SSSR count). The molecular formula is C20H20N6O2. The molecule has 0 atom stereocenters. The van der Waals surface area contributed by atoms with E-state index in [4.69, 9.17) is 10.3 Å². The van der Waals surface area contributed by atoms with Gasteiger partial charge in [-0.2, -0.15) is 5.10 Å². The number of hydrogen-bond donors (Lipinski definition) is 2. The summed E-state index contributed by atoms with van der Waals surface area (Å²) >= 11 is 0. The van der Waals surface area contributed by atoms with Gasteiger partial charge in [0.25, 0.3) is 5.91 Å². The van der Waals surface area contributed by atoms with Crippen LogP contribution in [0.15, 0.2) is 64.7 Å². The summed E-state index contributed by atoms with van der Waals surface area (Å²) in [7, 11) is 1.78. The molecule has 0 bridgehead atoms. The fraction of sp³-hybridized carbons (Fsp3) is 0.100. The third-order valence-corrected chi connectivity index (χ3v) is 4.09. The molecule has 0 radical (unpaired) electrons. The third-order valence-electron chi connectivity index (χ3n) is 4.09. The predicted molar refractivity (Wildman–Crippen MR) is 110 cm³/mol. The van der Waals surface area contributed by atoms with Crippen molar-refractivity contribution in [1.29, 1.82) is 0 Å². The van der Waals surface area contributed by atoms with Crippen molar-refractivity contribution in [3.8, 4) is 11.3 Å². The Hall–Kier alpha value is -3.94. The minimum Gasteiger partial charge on any atom is -0.397 e. The van der Waals surface area contributed by atoms with Gasteiger partial charge in [0.2, 0.25) is 0 Å². The van der Waals surface area contributed by atoms with Gasteiger partial charge in [-0.3, -0.25) is 14.8 Å². The van der Waals surface area contributed by atoms with Gasteiger partial charge in [0.1, 0.15) is 17.7 Å². The second-order valence-electron chi connectivity index (χ2n) is 6.10. The fourth-order valence-corrected chi connectivity index (χ4v) is 2.53. The molecule has 1 amide bonds. The molecule has 142 valence electrons. The van der Waals surface area contributed by atoms with Crippen molar-refractivity contribution in [3.05, 3.63) is 66.3 Å². The minimum absolute atomic E-state index is 0.276. The summed E-state index contributed by atoms with van der Waals surface area (Å²) in [4.78, 5) is 16.8. The Morgan fingerprint density at radius 1 is 1.32 bits per heavy atom. The van der Waals surface area contributed by atoms with E-state index >= 15 is 0 Å². The van der Waals surface area contributed by atoms with Crippen molar-refractivity contribution in [2.24, 2.45) is 5.10 Å². The maximum atomic E-state index is 12.6. The molecule has 0 saturated carbocycles. The topological polar surface area (TPSA) is 110 Å². The molecule has 2 heterocycles. The van der Waals surface area contributed by atoms with Crippen LogP contribution in [-0.4, -0.2) is 34.8 Å². The van der Waals surface area contributed by atoms with Gasteiger partial charge in [-0.1, -0.05) is 17.3 Å². The molecule has 3 aromatic rings. The lowest BCUT2D eigenvalue weighted by Crippen LogP contribution is -2.15. The van der Waals surface area contributed by atoms with Gasteiger partial charge in [0.05, 0.1) is 11.4 Å². The number of nitrogen functional groups attached to an aromatic ring is 1. The summed E-state index contributed by atoms with van der Waals surface area (Å²) in [6.45, 7) is 5.38. The van der Waals surface area contributed by atoms with Crippen LogP contribution in [0.3, 0.4) is 0 Å². The summed E-state index contributed by atoms with van der Waals surface area (Å²) in [5, 5.41) is 12.1. The number of anilines is 2. The van der Waals surface area contributed by atoms with Crippen LogP contribution < -0.4 is 11.1 Å². The standard InChI is InChI=1S/C20H20N6O2/c1-13(12-26(3)22-2)15-5-7-18(23-11-15)20(27)24-19-10-14(4-6-16(19)21)17-8-9-28-25-17/h4-12H,2,21H2,1,3H3,(H,24,27)/b13-12+. The van der Waals surface area contributed by atoms with E-state index in [1.54, 1.807) is 48.6 Å². The predicted octanol–water partition coefficient (Wildman–Crippen LogP) is 3.48. The zero-order valence-electron chi connectivity index (χ0n) is 15.6. The van der Waals surface area contributed by atoms with Crippen LogP contribution in [0.4, 0.5) is 11.4 Å². The smallest absolute Gasteiger partial charge is 0.274 e. The Morgan fingerprint density at radius 2 is 2.14 bits per heavy atom. The fourth-order valence-electron chi connectivity index (χ4n) is 2.53. The summed E-state index contributed by atoms with van der Waals surface area (Å²) < 4.78 is 4.86. The lowest BCUT2D eigenvalue weighted by Gasteiger charge is -2.10. The number of nitrogens with one attached hydrogen (secondary N) is 1. The van der Waals surface area contributed by atoms with Gasteiger partial charge in [-0.05, 0) is 36.3 Å². The number of hydrogen-bond acceptors (Lipinski definition) is 7. The molecule has 1 aromatic carbocycles. The Labute approximate surface area is 162 Å². The lowest BCUT2D eigenvalue weighted by atomic mass is 10.1. The average Bonchev–Trinajstić information content (AvgIpc) is 3.24. The number of carbonyl (C=O) groups is 1. The number of carbonyl (C=O) groups excluding carboxylic acids is 1. The molecule has 0 saturated heterocycles. The maximum Gasteiger partial charge on any atom is 0.274 e. The SMILES string of the molecule is C=NN(C)/C=C(\C)c1ccc(C(=O)Nc2cc(-c3ccon3)ccc2N)nc1. The molecule has 2 aromatic heterocycles. The quantitative estimate of drug-likeness (QED) is 0.387. The maximum absolute atomic E-state index is 12.6. The molecule has 0 unspecified atom stereocenters. The van der Waals surface area contributed by atoms with Crippen LogP contribution in [0.2, 0.25) is 0 Å². The number of benzene rings is 1. The molecule has 8 nitrogen and oxygen atoms in total. The Bertz CT molecular complexity index is 1010. The Morgan fingerprint density at radius 3 is 2.79 bits per heavy atom. The average molecular weight is 376 g/mol. The minimum atomic E-state index is -0.359. The van der Waals surface area contributed by atoms with Crippen LogP contribution in [0.25, 0.3) is 16.8 Å². The first kappa shape index (κ1) is 18.8.